The maximum Gasteiger partial charge on any atom is 0.0603 e. The van der Waals surface area contributed by atoms with E-state index in [9.17, 15) is 0 Å². The van der Waals surface area contributed by atoms with Gasteiger partial charge in [-0.1, -0.05) is 78.1 Å². The fourth-order valence-electron chi connectivity index (χ4n) is 4.20. The highest BCUT2D eigenvalue weighted by atomic mass is 79.9. The molecule has 0 atom stereocenters. The highest BCUT2D eigenvalue weighted by Crippen LogP contribution is 2.07. The lowest BCUT2D eigenvalue weighted by molar-refractivity contribution is 0.529. The number of rotatable bonds is 19. The highest BCUT2D eigenvalue weighted by molar-refractivity contribution is 8.93. The fraction of sp³-hybridized carbons (Fsp3) is 0.667. The van der Waals surface area contributed by atoms with E-state index < -0.39 is 0 Å². The minimum atomic E-state index is 0. The van der Waals surface area contributed by atoms with Crippen molar-refractivity contribution in [2.45, 2.75) is 117 Å². The third kappa shape index (κ3) is 17.3. The van der Waals surface area contributed by atoms with E-state index in [1.54, 1.807) is 0 Å². The molecule has 0 aliphatic rings. The minimum absolute atomic E-state index is 0. The zero-order valence-corrected chi connectivity index (χ0v) is 26.4. The summed E-state index contributed by atoms with van der Waals surface area (Å²) in [6, 6.07) is 8.63. The van der Waals surface area contributed by atoms with Crippen LogP contribution in [-0.4, -0.2) is 22.2 Å². The van der Waals surface area contributed by atoms with Gasteiger partial charge >= 0.3 is 0 Å². The summed E-state index contributed by atoms with van der Waals surface area (Å²) in [6.07, 6.45) is 26.8. The van der Waals surface area contributed by atoms with Crippen LogP contribution in [0.3, 0.4) is 0 Å². The Bertz CT molecular complexity index is 775. The second-order valence-corrected chi connectivity index (χ2v) is 9.59. The summed E-state index contributed by atoms with van der Waals surface area (Å²) in [4.78, 5) is 9.37. The van der Waals surface area contributed by atoms with Crippen molar-refractivity contribution in [1.82, 2.24) is 9.13 Å². The van der Waals surface area contributed by atoms with Crippen molar-refractivity contribution in [2.75, 3.05) is 13.1 Å². The average molecular weight is 629 g/mol. The maximum absolute atomic E-state index is 4.68. The molecular formula is C30H52Br2N4. The van der Waals surface area contributed by atoms with Crippen LogP contribution in [0.4, 0.5) is 0 Å². The summed E-state index contributed by atoms with van der Waals surface area (Å²) in [7, 11) is 0. The van der Waals surface area contributed by atoms with Crippen LogP contribution in [0.15, 0.2) is 59.0 Å². The largest absolute Gasteiger partial charge is 0.354 e. The van der Waals surface area contributed by atoms with E-state index in [2.05, 4.69) is 82.0 Å². The van der Waals surface area contributed by atoms with Crippen molar-refractivity contribution in [2.24, 2.45) is 9.98 Å². The van der Waals surface area contributed by atoms with Crippen molar-refractivity contribution < 1.29 is 0 Å². The SMILES string of the molecule is Br.Br.CCCCCCN=c1ccn(CCCCCCCCn2ccc(=NCCCCCC)cc2)cc1. The molecule has 2 heterocycles. The van der Waals surface area contributed by atoms with Gasteiger partial charge in [0.1, 0.15) is 0 Å². The van der Waals surface area contributed by atoms with Gasteiger partial charge in [-0.2, -0.15) is 0 Å². The monoisotopic (exact) mass is 626 g/mol. The van der Waals surface area contributed by atoms with Crippen LogP contribution in [0, 0.1) is 0 Å². The Morgan fingerprint density at radius 1 is 0.472 bits per heavy atom. The van der Waals surface area contributed by atoms with Crippen LogP contribution < -0.4 is 10.7 Å². The maximum atomic E-state index is 4.68. The molecule has 2 aromatic rings. The molecular weight excluding hydrogens is 576 g/mol. The van der Waals surface area contributed by atoms with Gasteiger partial charge in [0.25, 0.3) is 0 Å². The Hall–Kier alpha value is -1.14. The zero-order valence-electron chi connectivity index (χ0n) is 23.0. The molecule has 0 spiro atoms. The molecule has 0 fully saturated rings. The summed E-state index contributed by atoms with van der Waals surface area (Å²) >= 11 is 0. The predicted molar refractivity (Wildman–Crippen MR) is 166 cm³/mol. The molecule has 0 saturated carbocycles. The lowest BCUT2D eigenvalue weighted by Gasteiger charge is -2.07. The number of halogens is 2. The number of nitrogens with zero attached hydrogens (tertiary/aromatic N) is 4. The van der Waals surface area contributed by atoms with Crippen LogP contribution in [0.2, 0.25) is 0 Å². The molecule has 0 bridgehead atoms. The Morgan fingerprint density at radius 3 is 1.17 bits per heavy atom. The summed E-state index contributed by atoms with van der Waals surface area (Å²) in [5.74, 6) is 0. The molecule has 4 nitrogen and oxygen atoms in total. The van der Waals surface area contributed by atoms with Gasteiger partial charge in [-0.05, 0) is 49.9 Å². The van der Waals surface area contributed by atoms with Crippen molar-refractivity contribution in [3.8, 4) is 0 Å². The molecule has 0 aromatic carbocycles. The topological polar surface area (TPSA) is 34.6 Å². The van der Waals surface area contributed by atoms with Crippen molar-refractivity contribution in [3.63, 3.8) is 0 Å². The molecule has 206 valence electrons. The van der Waals surface area contributed by atoms with Crippen LogP contribution in [0.1, 0.15) is 104 Å². The van der Waals surface area contributed by atoms with E-state index in [0.29, 0.717) is 0 Å². The number of aromatic nitrogens is 2. The second kappa shape index (κ2) is 24.2. The van der Waals surface area contributed by atoms with E-state index >= 15 is 0 Å². The lowest BCUT2D eigenvalue weighted by Crippen LogP contribution is -2.07. The van der Waals surface area contributed by atoms with Gasteiger partial charge < -0.3 is 9.13 Å². The molecule has 0 radical (unpaired) electrons. The molecule has 0 aliphatic heterocycles. The van der Waals surface area contributed by atoms with E-state index in [1.165, 1.54) is 89.9 Å². The highest BCUT2D eigenvalue weighted by Gasteiger charge is 1.95. The molecule has 36 heavy (non-hydrogen) atoms. The van der Waals surface area contributed by atoms with Gasteiger partial charge in [0.2, 0.25) is 0 Å². The van der Waals surface area contributed by atoms with E-state index in [0.717, 1.165) is 36.9 Å². The summed E-state index contributed by atoms with van der Waals surface area (Å²) in [5.41, 5.74) is 0. The molecule has 2 aromatic heterocycles. The molecule has 6 heteroatoms. The predicted octanol–water partition coefficient (Wildman–Crippen LogP) is 8.45. The van der Waals surface area contributed by atoms with E-state index in [4.69, 9.17) is 0 Å². The number of unbranched alkanes of at least 4 members (excludes halogenated alkanes) is 11. The lowest BCUT2D eigenvalue weighted by atomic mass is 10.1. The van der Waals surface area contributed by atoms with Crippen LogP contribution in [0.5, 0.6) is 0 Å². The minimum Gasteiger partial charge on any atom is -0.354 e. The smallest absolute Gasteiger partial charge is 0.0603 e. The Morgan fingerprint density at radius 2 is 0.806 bits per heavy atom. The summed E-state index contributed by atoms with van der Waals surface area (Å²) < 4.78 is 4.60. The Balaban J connectivity index is 0.00000612. The zero-order chi connectivity index (χ0) is 24.1. The first-order chi connectivity index (χ1) is 16.8. The van der Waals surface area contributed by atoms with Gasteiger partial charge in [-0.3, -0.25) is 9.98 Å². The van der Waals surface area contributed by atoms with Gasteiger partial charge in [0.05, 0.1) is 10.7 Å². The molecule has 0 unspecified atom stereocenters. The average Bonchev–Trinajstić information content (AvgIpc) is 2.87. The van der Waals surface area contributed by atoms with Crippen molar-refractivity contribution >= 4 is 34.0 Å². The van der Waals surface area contributed by atoms with Crippen LogP contribution in [-0.2, 0) is 13.1 Å². The normalized spacial score (nSPS) is 10.4. The quantitative estimate of drug-likeness (QED) is 0.140. The first-order valence-corrected chi connectivity index (χ1v) is 14.1. The summed E-state index contributed by atoms with van der Waals surface area (Å²) in [5, 5.41) is 2.24. The first-order valence-electron chi connectivity index (χ1n) is 14.1. The molecule has 0 aliphatic carbocycles. The second-order valence-electron chi connectivity index (χ2n) is 9.59. The number of aryl methyl sites for hydroxylation is 2. The number of pyridine rings is 2. The molecule has 0 N–H and O–H groups in total. The standard InChI is InChI=1S/C30H50N4.2BrH/c1-3-5-7-13-21-31-29-17-25-33(26-18-29)23-15-11-9-10-12-16-24-34-27-19-30(20-28-34)32-22-14-8-6-4-2;;/h17-20,25-28H,3-16,21-24H2,1-2H3;2*1H. The Labute approximate surface area is 241 Å². The van der Waals surface area contributed by atoms with Crippen LogP contribution >= 0.6 is 34.0 Å². The van der Waals surface area contributed by atoms with Gasteiger partial charge in [0, 0.05) is 51.0 Å². The van der Waals surface area contributed by atoms with Gasteiger partial charge in [-0.15, -0.1) is 34.0 Å². The number of hydrogen-bond donors (Lipinski definition) is 0. The fourth-order valence-corrected chi connectivity index (χ4v) is 4.20. The molecule has 0 amide bonds. The molecule has 0 saturated heterocycles. The number of hydrogen-bond acceptors (Lipinski definition) is 2. The van der Waals surface area contributed by atoms with Crippen LogP contribution in [0.25, 0.3) is 0 Å². The van der Waals surface area contributed by atoms with E-state index in [-0.39, 0.29) is 34.0 Å². The molecule has 2 rings (SSSR count). The van der Waals surface area contributed by atoms with Crippen molar-refractivity contribution in [1.29, 1.82) is 0 Å². The third-order valence-electron chi connectivity index (χ3n) is 6.44. The van der Waals surface area contributed by atoms with E-state index in [1.807, 2.05) is 0 Å². The van der Waals surface area contributed by atoms with Crippen molar-refractivity contribution in [3.05, 3.63) is 59.8 Å². The Kier molecular flexibility index (Phi) is 23.4. The summed E-state index contributed by atoms with van der Waals surface area (Å²) in [6.45, 7) is 8.65. The van der Waals surface area contributed by atoms with Gasteiger partial charge in [0.15, 0.2) is 0 Å². The first kappa shape index (κ1) is 34.9. The van der Waals surface area contributed by atoms with Gasteiger partial charge in [-0.25, -0.2) is 0 Å². The third-order valence-corrected chi connectivity index (χ3v) is 6.44.